The molecule has 122 valence electrons. The normalized spacial score (nSPS) is 11.8. The maximum Gasteiger partial charge on any atom is 0.251 e. The van der Waals surface area contributed by atoms with E-state index in [1.165, 1.54) is 0 Å². The molecule has 1 heterocycles. The Kier molecular flexibility index (Phi) is 5.71. The van der Waals surface area contributed by atoms with E-state index in [4.69, 9.17) is 10.5 Å². The molecule has 0 radical (unpaired) electrons. The number of nitrogens with zero attached hydrogens (tertiary/aromatic N) is 1. The van der Waals surface area contributed by atoms with Gasteiger partial charge in [-0.25, -0.2) is 0 Å². The van der Waals surface area contributed by atoms with Crippen LogP contribution in [-0.4, -0.2) is 23.5 Å². The fraction of sp³-hybridized carbons (Fsp3) is 0.333. The third-order valence-electron chi connectivity index (χ3n) is 3.56. The van der Waals surface area contributed by atoms with Crippen molar-refractivity contribution in [2.75, 3.05) is 6.54 Å². The predicted octanol–water partition coefficient (Wildman–Crippen LogP) is 2.35. The number of rotatable bonds is 6. The SMILES string of the molecule is Cc1cc(C(=O)N[C@@H](C)CN)cc(C)c1OCc1cccnc1. The number of pyridine rings is 1. The van der Waals surface area contributed by atoms with Gasteiger partial charge in [0.25, 0.3) is 5.91 Å². The lowest BCUT2D eigenvalue weighted by Crippen LogP contribution is -2.37. The van der Waals surface area contributed by atoms with E-state index in [1.54, 1.807) is 12.4 Å². The standard InChI is InChI=1S/C18H23N3O2/c1-12-7-16(18(22)21-14(3)9-19)8-13(2)17(12)23-11-15-5-4-6-20-10-15/h4-8,10,14H,9,11,19H2,1-3H3,(H,21,22)/t14-/m0/s1. The molecule has 0 fully saturated rings. The van der Waals surface area contributed by atoms with Gasteiger partial charge in [-0.05, 0) is 50.1 Å². The summed E-state index contributed by atoms with van der Waals surface area (Å²) in [4.78, 5) is 16.3. The van der Waals surface area contributed by atoms with Gasteiger partial charge >= 0.3 is 0 Å². The van der Waals surface area contributed by atoms with Gasteiger partial charge in [-0.2, -0.15) is 0 Å². The van der Waals surface area contributed by atoms with Gasteiger partial charge in [0.2, 0.25) is 0 Å². The van der Waals surface area contributed by atoms with Crippen molar-refractivity contribution < 1.29 is 9.53 Å². The molecule has 0 unspecified atom stereocenters. The minimum absolute atomic E-state index is 0.0513. The molecule has 5 heteroatoms. The van der Waals surface area contributed by atoms with Crippen molar-refractivity contribution in [1.29, 1.82) is 0 Å². The van der Waals surface area contributed by atoms with Crippen LogP contribution in [0.2, 0.25) is 0 Å². The summed E-state index contributed by atoms with van der Waals surface area (Å²) in [7, 11) is 0. The average molecular weight is 313 g/mol. The van der Waals surface area contributed by atoms with Gasteiger partial charge in [0.1, 0.15) is 12.4 Å². The fourth-order valence-corrected chi connectivity index (χ4v) is 2.31. The van der Waals surface area contributed by atoms with Crippen molar-refractivity contribution >= 4 is 5.91 Å². The smallest absolute Gasteiger partial charge is 0.251 e. The second-order valence-electron chi connectivity index (χ2n) is 5.70. The number of nitrogens with one attached hydrogen (secondary N) is 1. The van der Waals surface area contributed by atoms with E-state index in [0.29, 0.717) is 18.7 Å². The van der Waals surface area contributed by atoms with E-state index in [-0.39, 0.29) is 11.9 Å². The Labute approximate surface area is 136 Å². The van der Waals surface area contributed by atoms with Crippen molar-refractivity contribution in [2.45, 2.75) is 33.4 Å². The lowest BCUT2D eigenvalue weighted by atomic mass is 10.0. The molecule has 0 aliphatic rings. The van der Waals surface area contributed by atoms with E-state index >= 15 is 0 Å². The minimum atomic E-state index is -0.118. The van der Waals surface area contributed by atoms with Crippen LogP contribution in [0.1, 0.15) is 34.0 Å². The number of hydrogen-bond acceptors (Lipinski definition) is 4. The zero-order valence-corrected chi connectivity index (χ0v) is 13.8. The number of carbonyl (C=O) groups is 1. The van der Waals surface area contributed by atoms with Gasteiger partial charge in [0, 0.05) is 36.1 Å². The van der Waals surface area contributed by atoms with E-state index in [2.05, 4.69) is 10.3 Å². The average Bonchev–Trinajstić information content (AvgIpc) is 2.54. The van der Waals surface area contributed by atoms with E-state index in [1.807, 2.05) is 45.0 Å². The molecule has 5 nitrogen and oxygen atoms in total. The molecule has 0 saturated heterocycles. The van der Waals surface area contributed by atoms with Crippen molar-refractivity contribution in [1.82, 2.24) is 10.3 Å². The first-order chi connectivity index (χ1) is 11.0. The maximum absolute atomic E-state index is 12.2. The molecule has 0 saturated carbocycles. The second kappa shape index (κ2) is 7.74. The van der Waals surface area contributed by atoms with Crippen LogP contribution in [0.25, 0.3) is 0 Å². The number of aromatic nitrogens is 1. The molecule has 1 aromatic heterocycles. The zero-order valence-electron chi connectivity index (χ0n) is 13.8. The summed E-state index contributed by atoms with van der Waals surface area (Å²) in [5, 5.41) is 2.86. The first-order valence-electron chi connectivity index (χ1n) is 7.65. The topological polar surface area (TPSA) is 77.2 Å². The first kappa shape index (κ1) is 17.0. The number of benzene rings is 1. The Morgan fingerprint density at radius 2 is 2.04 bits per heavy atom. The molecule has 3 N–H and O–H groups in total. The number of ether oxygens (including phenoxy) is 1. The summed E-state index contributed by atoms with van der Waals surface area (Å²) < 4.78 is 5.90. The lowest BCUT2D eigenvalue weighted by Gasteiger charge is -2.15. The lowest BCUT2D eigenvalue weighted by molar-refractivity contribution is 0.0941. The van der Waals surface area contributed by atoms with Gasteiger partial charge in [-0.15, -0.1) is 0 Å². The highest BCUT2D eigenvalue weighted by atomic mass is 16.5. The zero-order chi connectivity index (χ0) is 16.8. The van der Waals surface area contributed by atoms with E-state index < -0.39 is 0 Å². The third kappa shape index (κ3) is 4.53. The van der Waals surface area contributed by atoms with Crippen molar-refractivity contribution in [3.05, 3.63) is 58.9 Å². The van der Waals surface area contributed by atoms with Crippen LogP contribution >= 0.6 is 0 Å². The Balaban J connectivity index is 2.12. The van der Waals surface area contributed by atoms with Crippen LogP contribution in [0, 0.1) is 13.8 Å². The van der Waals surface area contributed by atoms with Crippen LogP contribution < -0.4 is 15.8 Å². The number of amides is 1. The first-order valence-corrected chi connectivity index (χ1v) is 7.65. The summed E-state index contributed by atoms with van der Waals surface area (Å²) >= 11 is 0. The largest absolute Gasteiger partial charge is 0.488 e. The van der Waals surface area contributed by atoms with Crippen LogP contribution in [0.5, 0.6) is 5.75 Å². The monoisotopic (exact) mass is 313 g/mol. The van der Waals surface area contributed by atoms with Crippen molar-refractivity contribution in [3.8, 4) is 5.75 Å². The molecule has 23 heavy (non-hydrogen) atoms. The van der Waals surface area contributed by atoms with Gasteiger partial charge in [0.05, 0.1) is 0 Å². The summed E-state index contributed by atoms with van der Waals surface area (Å²) in [6.45, 7) is 6.62. The molecule has 1 amide bonds. The van der Waals surface area contributed by atoms with Crippen LogP contribution in [0.3, 0.4) is 0 Å². The van der Waals surface area contributed by atoms with Gasteiger partial charge in [0.15, 0.2) is 0 Å². The number of carbonyl (C=O) groups excluding carboxylic acids is 1. The van der Waals surface area contributed by atoms with Crippen molar-refractivity contribution in [3.63, 3.8) is 0 Å². The molecular formula is C18H23N3O2. The number of aryl methyl sites for hydroxylation is 2. The molecule has 0 spiro atoms. The molecular weight excluding hydrogens is 290 g/mol. The minimum Gasteiger partial charge on any atom is -0.488 e. The van der Waals surface area contributed by atoms with Gasteiger partial charge in [-0.3, -0.25) is 9.78 Å². The van der Waals surface area contributed by atoms with Gasteiger partial charge in [-0.1, -0.05) is 6.07 Å². The summed E-state index contributed by atoms with van der Waals surface area (Å²) in [6, 6.07) is 7.47. The molecule has 2 rings (SSSR count). The Bertz CT molecular complexity index is 648. The highest BCUT2D eigenvalue weighted by molar-refractivity contribution is 5.95. The van der Waals surface area contributed by atoms with Crippen molar-refractivity contribution in [2.24, 2.45) is 5.73 Å². The van der Waals surface area contributed by atoms with E-state index in [9.17, 15) is 4.79 Å². The predicted molar refractivity (Wildman–Crippen MR) is 90.5 cm³/mol. The molecule has 0 aliphatic heterocycles. The molecule has 2 aromatic rings. The third-order valence-corrected chi connectivity index (χ3v) is 3.56. The van der Waals surface area contributed by atoms with Crippen LogP contribution in [-0.2, 0) is 6.61 Å². The molecule has 0 bridgehead atoms. The summed E-state index contributed by atoms with van der Waals surface area (Å²) in [6.07, 6.45) is 3.51. The van der Waals surface area contributed by atoms with Crippen LogP contribution in [0.4, 0.5) is 0 Å². The second-order valence-corrected chi connectivity index (χ2v) is 5.70. The molecule has 1 aromatic carbocycles. The summed E-state index contributed by atoms with van der Waals surface area (Å²) in [5.74, 6) is 0.685. The summed E-state index contributed by atoms with van der Waals surface area (Å²) in [5.41, 5.74) is 9.02. The Morgan fingerprint density at radius 3 is 2.61 bits per heavy atom. The quantitative estimate of drug-likeness (QED) is 0.858. The molecule has 0 aliphatic carbocycles. The fourth-order valence-electron chi connectivity index (χ4n) is 2.31. The number of hydrogen-bond donors (Lipinski definition) is 2. The number of nitrogens with two attached hydrogens (primary N) is 1. The van der Waals surface area contributed by atoms with E-state index in [0.717, 1.165) is 22.4 Å². The molecule has 1 atom stereocenters. The Morgan fingerprint density at radius 1 is 1.35 bits per heavy atom. The highest BCUT2D eigenvalue weighted by Crippen LogP contribution is 2.25. The Hall–Kier alpha value is -2.40. The highest BCUT2D eigenvalue weighted by Gasteiger charge is 2.13. The maximum atomic E-state index is 12.2. The van der Waals surface area contributed by atoms with Crippen LogP contribution in [0.15, 0.2) is 36.7 Å². The van der Waals surface area contributed by atoms with Gasteiger partial charge < -0.3 is 15.8 Å².